The number of fused-ring (bicyclic) bond motifs is 1. The number of hydrogen-bond donors (Lipinski definition) is 2. The Labute approximate surface area is 141 Å². The molecular formula is C14H11B3N4O3. The molecule has 0 bridgehead atoms. The standard InChI is InChI=1S/C14H11B3N4O3/c1-5-19-7-4-2-3-6(18)8(7)12(23)21(5)14(17)10(16)9(15)11(22)20-13(14)24/h2-4,9-10H,18H2,1H3,(H,20,22,24). The summed E-state index contributed by atoms with van der Waals surface area (Å²) in [6.07, 6.45) is 0. The molecule has 3 unspecified atom stereocenters. The summed E-state index contributed by atoms with van der Waals surface area (Å²) in [6.45, 7) is 1.50. The summed E-state index contributed by atoms with van der Waals surface area (Å²) in [7, 11) is 17.8. The first-order valence-electron chi connectivity index (χ1n) is 7.13. The number of aryl methyl sites for hydroxylation is 1. The molecule has 1 fully saturated rings. The van der Waals surface area contributed by atoms with E-state index in [0.717, 1.165) is 4.57 Å². The maximum atomic E-state index is 13.0. The fourth-order valence-corrected chi connectivity index (χ4v) is 2.94. The highest BCUT2D eigenvalue weighted by Gasteiger charge is 2.49. The normalized spacial score (nSPS) is 27.2. The second kappa shape index (κ2) is 5.26. The maximum absolute atomic E-state index is 13.0. The van der Waals surface area contributed by atoms with E-state index in [4.69, 9.17) is 29.3 Å². The number of carbonyl (C=O) groups excluding carboxylic acids is 2. The molecule has 6 radical (unpaired) electrons. The van der Waals surface area contributed by atoms with E-state index in [2.05, 4.69) is 4.98 Å². The summed E-state index contributed by atoms with van der Waals surface area (Å²) in [5.74, 6) is -4.12. The Morgan fingerprint density at radius 1 is 1.29 bits per heavy atom. The topological polar surface area (TPSA) is 107 Å². The van der Waals surface area contributed by atoms with Gasteiger partial charge >= 0.3 is 0 Å². The Morgan fingerprint density at radius 2 is 1.96 bits per heavy atom. The number of nitrogen functional groups attached to an aromatic ring is 1. The quantitative estimate of drug-likeness (QED) is 0.385. The van der Waals surface area contributed by atoms with E-state index in [1.54, 1.807) is 12.1 Å². The number of aromatic nitrogens is 2. The number of carbonyl (C=O) groups is 2. The van der Waals surface area contributed by atoms with Crippen LogP contribution in [0, 0.1) is 6.92 Å². The van der Waals surface area contributed by atoms with Gasteiger partial charge in [-0.3, -0.25) is 24.3 Å². The van der Waals surface area contributed by atoms with E-state index in [1.807, 2.05) is 5.32 Å². The van der Waals surface area contributed by atoms with Crippen molar-refractivity contribution in [3.8, 4) is 0 Å². The highest BCUT2D eigenvalue weighted by molar-refractivity contribution is 6.41. The summed E-state index contributed by atoms with van der Waals surface area (Å²) in [5.41, 5.74) is 3.71. The van der Waals surface area contributed by atoms with Crippen LogP contribution >= 0.6 is 0 Å². The minimum Gasteiger partial charge on any atom is -0.398 e. The number of nitrogens with zero attached hydrogens (tertiary/aromatic N) is 2. The molecule has 1 aliphatic rings. The van der Waals surface area contributed by atoms with Crippen LogP contribution in [0.15, 0.2) is 23.0 Å². The van der Waals surface area contributed by atoms with Crippen LogP contribution in [0.2, 0.25) is 11.6 Å². The van der Waals surface area contributed by atoms with E-state index < -0.39 is 34.4 Å². The highest BCUT2D eigenvalue weighted by Crippen LogP contribution is 2.38. The zero-order valence-corrected chi connectivity index (χ0v) is 12.8. The highest BCUT2D eigenvalue weighted by atomic mass is 16.2. The van der Waals surface area contributed by atoms with Crippen LogP contribution in [0.5, 0.6) is 0 Å². The van der Waals surface area contributed by atoms with Gasteiger partial charge in [-0.15, -0.1) is 0 Å². The Hall–Kier alpha value is -2.51. The number of nitrogens with two attached hydrogens (primary N) is 1. The first kappa shape index (κ1) is 16.4. The average molecular weight is 316 g/mol. The minimum atomic E-state index is -2.07. The molecule has 10 heteroatoms. The predicted molar refractivity (Wildman–Crippen MR) is 91.0 cm³/mol. The van der Waals surface area contributed by atoms with Crippen molar-refractivity contribution in [2.45, 2.75) is 24.0 Å². The number of anilines is 1. The van der Waals surface area contributed by atoms with E-state index in [0.29, 0.717) is 5.52 Å². The summed E-state index contributed by atoms with van der Waals surface area (Å²) >= 11 is 0. The smallest absolute Gasteiger partial charge is 0.263 e. The SMILES string of the molecule is [B]C1C(=O)NC(=O)C([B])(n2c(C)nc3cccc(N)c3c2=O)C1[B]. The Bertz CT molecular complexity index is 945. The number of rotatable bonds is 1. The van der Waals surface area contributed by atoms with Crippen LogP contribution in [0.1, 0.15) is 5.82 Å². The zero-order valence-electron chi connectivity index (χ0n) is 12.8. The van der Waals surface area contributed by atoms with Crippen molar-refractivity contribution in [2.75, 3.05) is 5.73 Å². The molecule has 1 saturated heterocycles. The van der Waals surface area contributed by atoms with E-state index in [-0.39, 0.29) is 16.9 Å². The Kier molecular flexibility index (Phi) is 3.58. The summed E-state index contributed by atoms with van der Waals surface area (Å²) < 4.78 is 0.942. The molecule has 3 atom stereocenters. The van der Waals surface area contributed by atoms with Crippen molar-refractivity contribution < 1.29 is 9.59 Å². The third kappa shape index (κ3) is 2.02. The maximum Gasteiger partial charge on any atom is 0.263 e. The van der Waals surface area contributed by atoms with E-state index in [9.17, 15) is 14.4 Å². The molecule has 2 heterocycles. The van der Waals surface area contributed by atoms with Crippen molar-refractivity contribution >= 4 is 51.9 Å². The monoisotopic (exact) mass is 316 g/mol. The molecule has 3 N–H and O–H groups in total. The molecule has 3 rings (SSSR count). The molecule has 0 saturated carbocycles. The van der Waals surface area contributed by atoms with Gasteiger partial charge in [-0.2, -0.15) is 0 Å². The Balaban J connectivity index is 2.37. The molecule has 1 aromatic heterocycles. The second-order valence-electron chi connectivity index (χ2n) is 5.74. The summed E-state index contributed by atoms with van der Waals surface area (Å²) in [4.78, 5) is 41.3. The molecular weight excluding hydrogens is 305 g/mol. The van der Waals surface area contributed by atoms with Gasteiger partial charge in [0, 0.05) is 5.69 Å². The molecule has 0 aliphatic carbocycles. The van der Waals surface area contributed by atoms with Crippen molar-refractivity contribution in [3.63, 3.8) is 0 Å². The van der Waals surface area contributed by atoms with Crippen molar-refractivity contribution in [1.29, 1.82) is 0 Å². The predicted octanol–water partition coefficient (Wildman–Crippen LogP) is -1.32. The molecule has 114 valence electrons. The zero-order chi connectivity index (χ0) is 17.8. The number of benzene rings is 1. The number of piperidine rings is 1. The van der Waals surface area contributed by atoms with Crippen LogP contribution in [-0.2, 0) is 15.0 Å². The largest absolute Gasteiger partial charge is 0.398 e. The lowest BCUT2D eigenvalue weighted by molar-refractivity contribution is -0.137. The lowest BCUT2D eigenvalue weighted by Gasteiger charge is -2.44. The fourth-order valence-electron chi connectivity index (χ4n) is 2.94. The van der Waals surface area contributed by atoms with Crippen LogP contribution in [-0.4, -0.2) is 44.9 Å². The van der Waals surface area contributed by atoms with Gasteiger partial charge in [0.05, 0.1) is 32.0 Å². The molecule has 0 spiro atoms. The van der Waals surface area contributed by atoms with Crippen LogP contribution in [0.4, 0.5) is 5.69 Å². The second-order valence-corrected chi connectivity index (χ2v) is 5.74. The molecule has 1 aliphatic heterocycles. The van der Waals surface area contributed by atoms with Gasteiger partial charge in [-0.05, 0) is 24.9 Å². The lowest BCUT2D eigenvalue weighted by atomic mass is 9.49. The third-order valence-electron chi connectivity index (χ3n) is 4.27. The molecule has 24 heavy (non-hydrogen) atoms. The number of nitrogens with one attached hydrogen (secondary N) is 1. The van der Waals surface area contributed by atoms with Gasteiger partial charge in [-0.1, -0.05) is 11.9 Å². The minimum absolute atomic E-state index is 0.110. The molecule has 2 amide bonds. The number of hydrogen-bond acceptors (Lipinski definition) is 5. The van der Waals surface area contributed by atoms with Gasteiger partial charge in [0.1, 0.15) is 13.7 Å². The van der Waals surface area contributed by atoms with E-state index >= 15 is 0 Å². The van der Waals surface area contributed by atoms with E-state index in [1.165, 1.54) is 13.0 Å². The van der Waals surface area contributed by atoms with Gasteiger partial charge in [0.15, 0.2) is 0 Å². The van der Waals surface area contributed by atoms with Crippen molar-refractivity contribution in [2.24, 2.45) is 0 Å². The Morgan fingerprint density at radius 3 is 2.62 bits per heavy atom. The first-order valence-corrected chi connectivity index (χ1v) is 7.13. The third-order valence-corrected chi connectivity index (χ3v) is 4.27. The van der Waals surface area contributed by atoms with Crippen molar-refractivity contribution in [1.82, 2.24) is 14.9 Å². The van der Waals surface area contributed by atoms with Gasteiger partial charge in [0.2, 0.25) is 11.8 Å². The van der Waals surface area contributed by atoms with Crippen LogP contribution in [0.25, 0.3) is 10.9 Å². The molecule has 7 nitrogen and oxygen atoms in total. The van der Waals surface area contributed by atoms with Gasteiger partial charge in [-0.25, -0.2) is 4.98 Å². The van der Waals surface area contributed by atoms with Gasteiger partial charge < -0.3 is 5.73 Å². The van der Waals surface area contributed by atoms with Gasteiger partial charge in [0.25, 0.3) is 5.56 Å². The average Bonchev–Trinajstić information content (AvgIpc) is 2.51. The fraction of sp³-hybridized carbons (Fsp3) is 0.286. The molecule has 1 aromatic carbocycles. The number of amides is 2. The molecule has 2 aromatic rings. The summed E-state index contributed by atoms with van der Waals surface area (Å²) in [6, 6.07) is 4.80. The summed E-state index contributed by atoms with van der Waals surface area (Å²) in [5, 5.41) is 2.15. The van der Waals surface area contributed by atoms with Crippen molar-refractivity contribution in [3.05, 3.63) is 34.4 Å². The number of imide groups is 1. The first-order chi connectivity index (χ1) is 11.2. The lowest BCUT2D eigenvalue weighted by Crippen LogP contribution is -2.63. The van der Waals surface area contributed by atoms with Crippen LogP contribution in [0.3, 0.4) is 0 Å². The van der Waals surface area contributed by atoms with Crippen LogP contribution < -0.4 is 16.6 Å².